The first-order chi connectivity index (χ1) is 14.9. The van der Waals surface area contributed by atoms with Crippen molar-refractivity contribution in [1.29, 1.82) is 0 Å². The molecule has 3 rings (SSSR count). The number of hydrogen-bond acceptors (Lipinski definition) is 5. The Labute approximate surface area is 184 Å². The normalized spacial score (nSPS) is 16.2. The number of rotatable bonds is 10. The molecule has 1 aliphatic rings. The van der Waals surface area contributed by atoms with Crippen LogP contribution in [0.5, 0.6) is 5.75 Å². The molecule has 0 radical (unpaired) electrons. The maximum atomic E-state index is 12.3. The number of aromatic hydroxyl groups is 1. The Balaban J connectivity index is 1.48. The minimum Gasteiger partial charge on any atom is -0.508 e. The molecule has 6 heteroatoms. The minimum absolute atomic E-state index is 0.0246. The Morgan fingerprint density at radius 3 is 2.61 bits per heavy atom. The quantitative estimate of drug-likeness (QED) is 0.402. The van der Waals surface area contributed by atoms with Crippen molar-refractivity contribution >= 4 is 5.91 Å². The van der Waals surface area contributed by atoms with Gasteiger partial charge in [0.25, 0.3) is 0 Å². The Bertz CT molecular complexity index is 864. The number of amides is 1. The van der Waals surface area contributed by atoms with Crippen LogP contribution in [0.4, 0.5) is 0 Å². The molecule has 168 valence electrons. The second-order valence-electron chi connectivity index (χ2n) is 8.62. The van der Waals surface area contributed by atoms with Crippen LogP contribution >= 0.6 is 0 Å². The molecule has 2 aromatic carbocycles. The molecule has 6 nitrogen and oxygen atoms in total. The van der Waals surface area contributed by atoms with Crippen molar-refractivity contribution in [3.05, 3.63) is 64.7 Å². The Morgan fingerprint density at radius 1 is 1.13 bits per heavy atom. The predicted molar refractivity (Wildman–Crippen MR) is 121 cm³/mol. The van der Waals surface area contributed by atoms with Crippen LogP contribution in [-0.4, -0.2) is 39.9 Å². The lowest BCUT2D eigenvalue weighted by molar-refractivity contribution is -0.121. The number of phenols is 1. The third-order valence-electron chi connectivity index (χ3n) is 5.94. The fraction of sp³-hybridized carbons (Fsp3) is 0.480. The topological polar surface area (TPSA) is 102 Å². The molecule has 0 bridgehead atoms. The zero-order valence-corrected chi connectivity index (χ0v) is 18.2. The van der Waals surface area contributed by atoms with Gasteiger partial charge in [0.15, 0.2) is 0 Å². The van der Waals surface area contributed by atoms with Gasteiger partial charge < -0.3 is 26.0 Å². The maximum Gasteiger partial charge on any atom is 0.224 e. The molecule has 1 fully saturated rings. The standard InChI is InChI=1S/C25H34N2O4/c1-17(26-15-24(30)20-9-10-23(29)21(14-20)16-28)11-18-5-4-6-19(12-18)13-25(31)27-22-7-2-3-8-22/h4-6,9-10,12,14,17,22,24,26,28-30H,2-3,7-8,11,13,15-16H2,1H3,(H,27,31)/t17?,24-/m0/s1. The highest BCUT2D eigenvalue weighted by Gasteiger charge is 2.17. The molecule has 2 atom stereocenters. The summed E-state index contributed by atoms with van der Waals surface area (Å²) >= 11 is 0. The number of aliphatic hydroxyl groups excluding tert-OH is 2. The monoisotopic (exact) mass is 426 g/mol. The molecule has 1 saturated carbocycles. The summed E-state index contributed by atoms with van der Waals surface area (Å²) in [6, 6.07) is 13.3. The van der Waals surface area contributed by atoms with Gasteiger partial charge in [0.2, 0.25) is 5.91 Å². The molecule has 1 amide bonds. The second kappa shape index (κ2) is 11.3. The maximum absolute atomic E-state index is 12.3. The molecule has 0 saturated heterocycles. The van der Waals surface area contributed by atoms with Gasteiger partial charge in [-0.15, -0.1) is 0 Å². The summed E-state index contributed by atoms with van der Waals surface area (Å²) in [6.07, 6.45) is 5.03. The van der Waals surface area contributed by atoms with Gasteiger partial charge in [-0.25, -0.2) is 0 Å². The molecule has 31 heavy (non-hydrogen) atoms. The van der Waals surface area contributed by atoms with Gasteiger partial charge >= 0.3 is 0 Å². The van der Waals surface area contributed by atoms with Crippen molar-refractivity contribution in [2.75, 3.05) is 6.54 Å². The molecule has 1 unspecified atom stereocenters. The highest BCUT2D eigenvalue weighted by molar-refractivity contribution is 5.78. The second-order valence-corrected chi connectivity index (χ2v) is 8.62. The summed E-state index contributed by atoms with van der Waals surface area (Å²) in [4.78, 5) is 12.3. The Kier molecular flexibility index (Phi) is 8.46. The first-order valence-electron chi connectivity index (χ1n) is 11.2. The molecule has 0 aliphatic heterocycles. The van der Waals surface area contributed by atoms with Gasteiger partial charge in [0.05, 0.1) is 19.1 Å². The minimum atomic E-state index is -0.737. The fourth-order valence-electron chi connectivity index (χ4n) is 4.20. The molecule has 0 spiro atoms. The number of carbonyl (C=O) groups excluding carboxylic acids is 1. The van der Waals surface area contributed by atoms with E-state index < -0.39 is 6.10 Å². The van der Waals surface area contributed by atoms with E-state index in [-0.39, 0.29) is 24.3 Å². The van der Waals surface area contributed by atoms with Gasteiger partial charge in [-0.1, -0.05) is 43.2 Å². The van der Waals surface area contributed by atoms with Gasteiger partial charge in [0, 0.05) is 24.2 Å². The average molecular weight is 427 g/mol. The van der Waals surface area contributed by atoms with Gasteiger partial charge in [-0.3, -0.25) is 4.79 Å². The molecule has 2 aromatic rings. The van der Waals surface area contributed by atoms with Gasteiger partial charge in [0.1, 0.15) is 5.75 Å². The summed E-state index contributed by atoms with van der Waals surface area (Å²) < 4.78 is 0. The predicted octanol–water partition coefficient (Wildman–Crippen LogP) is 2.74. The van der Waals surface area contributed by atoms with Crippen molar-refractivity contribution in [2.24, 2.45) is 0 Å². The van der Waals surface area contributed by atoms with E-state index in [1.807, 2.05) is 12.1 Å². The number of carbonyl (C=O) groups is 1. The van der Waals surface area contributed by atoms with Crippen molar-refractivity contribution in [2.45, 2.75) is 70.2 Å². The molecule has 5 N–H and O–H groups in total. The van der Waals surface area contributed by atoms with E-state index in [9.17, 15) is 20.1 Å². The molecular formula is C25H34N2O4. The van der Waals surface area contributed by atoms with Gasteiger partial charge in [-0.05, 0) is 55.0 Å². The van der Waals surface area contributed by atoms with Crippen molar-refractivity contribution < 1.29 is 20.1 Å². The summed E-state index contributed by atoms with van der Waals surface area (Å²) in [6.45, 7) is 2.15. The lowest BCUT2D eigenvalue weighted by Crippen LogP contribution is -2.33. The SMILES string of the molecule is CC(Cc1cccc(CC(=O)NC2CCCC2)c1)NC[C@H](O)c1ccc(O)c(CO)c1. The van der Waals surface area contributed by atoms with Crippen LogP contribution in [0.15, 0.2) is 42.5 Å². The van der Waals surface area contributed by atoms with Crippen LogP contribution < -0.4 is 10.6 Å². The number of hydrogen-bond donors (Lipinski definition) is 5. The first-order valence-corrected chi connectivity index (χ1v) is 11.2. The summed E-state index contributed by atoms with van der Waals surface area (Å²) in [5, 5.41) is 35.8. The van der Waals surface area contributed by atoms with E-state index in [4.69, 9.17) is 0 Å². The van der Waals surface area contributed by atoms with Crippen LogP contribution in [0.1, 0.15) is 61.0 Å². The largest absolute Gasteiger partial charge is 0.508 e. The van der Waals surface area contributed by atoms with E-state index in [0.717, 1.165) is 30.4 Å². The Morgan fingerprint density at radius 2 is 1.87 bits per heavy atom. The van der Waals surface area contributed by atoms with Crippen LogP contribution in [-0.2, 0) is 24.2 Å². The smallest absolute Gasteiger partial charge is 0.224 e. The molecule has 0 heterocycles. The fourth-order valence-corrected chi connectivity index (χ4v) is 4.20. The van der Waals surface area contributed by atoms with Crippen LogP contribution in [0.2, 0.25) is 0 Å². The summed E-state index contributed by atoms with van der Waals surface area (Å²) in [7, 11) is 0. The summed E-state index contributed by atoms with van der Waals surface area (Å²) in [5.41, 5.74) is 3.21. The lowest BCUT2D eigenvalue weighted by atomic mass is 10.0. The van der Waals surface area contributed by atoms with Crippen molar-refractivity contribution in [3.8, 4) is 5.75 Å². The van der Waals surface area contributed by atoms with E-state index >= 15 is 0 Å². The van der Waals surface area contributed by atoms with Gasteiger partial charge in [-0.2, -0.15) is 0 Å². The zero-order valence-electron chi connectivity index (χ0n) is 18.2. The van der Waals surface area contributed by atoms with Crippen LogP contribution in [0.3, 0.4) is 0 Å². The lowest BCUT2D eigenvalue weighted by Gasteiger charge is -2.18. The Hall–Kier alpha value is -2.41. The third kappa shape index (κ3) is 7.06. The highest BCUT2D eigenvalue weighted by Crippen LogP contribution is 2.22. The van der Waals surface area contributed by atoms with E-state index in [1.54, 1.807) is 12.1 Å². The molecular weight excluding hydrogens is 392 g/mol. The first kappa shape index (κ1) is 23.3. The molecule has 1 aliphatic carbocycles. The molecule has 0 aromatic heterocycles. The van der Waals surface area contributed by atoms with E-state index in [2.05, 4.69) is 29.7 Å². The third-order valence-corrected chi connectivity index (χ3v) is 5.94. The van der Waals surface area contributed by atoms with Crippen molar-refractivity contribution in [3.63, 3.8) is 0 Å². The van der Waals surface area contributed by atoms with E-state index in [1.165, 1.54) is 18.9 Å². The van der Waals surface area contributed by atoms with Crippen LogP contribution in [0, 0.1) is 0 Å². The average Bonchev–Trinajstić information content (AvgIpc) is 3.25. The number of benzene rings is 2. The number of aliphatic hydroxyl groups is 2. The van der Waals surface area contributed by atoms with E-state index in [0.29, 0.717) is 30.1 Å². The zero-order chi connectivity index (χ0) is 22.2. The summed E-state index contributed by atoms with van der Waals surface area (Å²) in [5.74, 6) is 0.117. The van der Waals surface area contributed by atoms with Crippen LogP contribution in [0.25, 0.3) is 0 Å². The highest BCUT2D eigenvalue weighted by atomic mass is 16.3. The number of nitrogens with one attached hydrogen (secondary N) is 2. The van der Waals surface area contributed by atoms with Crippen molar-refractivity contribution in [1.82, 2.24) is 10.6 Å².